The van der Waals surface area contributed by atoms with Crippen molar-refractivity contribution >= 4 is 46.2 Å². The number of nitrogens with one attached hydrogen (secondary N) is 2. The molecule has 0 radical (unpaired) electrons. The number of halogens is 1. The highest BCUT2D eigenvalue weighted by Crippen LogP contribution is 2.34. The van der Waals surface area contributed by atoms with Crippen molar-refractivity contribution in [1.29, 1.82) is 0 Å². The molecular weight excluding hydrogens is 398 g/mol. The SMILES string of the molecule is CCOc1cccc(C(=O)NC(=S)Nc2cccc(Cl)c2N2CCOCC2)c1. The Morgan fingerprint density at radius 1 is 1.25 bits per heavy atom. The Morgan fingerprint density at radius 3 is 2.75 bits per heavy atom. The monoisotopic (exact) mass is 419 g/mol. The Labute approximate surface area is 174 Å². The average Bonchev–Trinajstić information content (AvgIpc) is 2.69. The Kier molecular flexibility index (Phi) is 7.08. The molecule has 1 amide bonds. The van der Waals surface area contributed by atoms with Gasteiger partial charge in [0.1, 0.15) is 5.75 Å². The number of nitrogens with zero attached hydrogens (tertiary/aromatic N) is 1. The summed E-state index contributed by atoms with van der Waals surface area (Å²) in [4.78, 5) is 14.7. The minimum atomic E-state index is -0.311. The summed E-state index contributed by atoms with van der Waals surface area (Å²) in [6, 6.07) is 12.5. The van der Waals surface area contributed by atoms with Crippen LogP contribution in [0, 0.1) is 0 Å². The number of anilines is 2. The first-order chi connectivity index (χ1) is 13.6. The standard InChI is InChI=1S/C20H22ClN3O3S/c1-2-27-15-6-3-5-14(13-15)19(25)23-20(28)22-17-8-4-7-16(21)18(17)24-9-11-26-12-10-24/h3-8,13H,2,9-12H2,1H3,(H2,22,23,25,28). The summed E-state index contributed by atoms with van der Waals surface area (Å²) >= 11 is 11.8. The third-order valence-corrected chi connectivity index (χ3v) is 4.71. The fourth-order valence-electron chi connectivity index (χ4n) is 2.95. The first-order valence-electron chi connectivity index (χ1n) is 9.05. The van der Waals surface area contributed by atoms with Crippen molar-refractivity contribution in [2.75, 3.05) is 43.1 Å². The molecule has 2 aromatic carbocycles. The van der Waals surface area contributed by atoms with Crippen LogP contribution in [0.4, 0.5) is 11.4 Å². The van der Waals surface area contributed by atoms with E-state index in [0.717, 1.165) is 24.5 Å². The zero-order chi connectivity index (χ0) is 19.9. The molecule has 0 aromatic heterocycles. The van der Waals surface area contributed by atoms with Crippen molar-refractivity contribution in [1.82, 2.24) is 5.32 Å². The van der Waals surface area contributed by atoms with Crippen molar-refractivity contribution in [3.8, 4) is 5.75 Å². The molecule has 28 heavy (non-hydrogen) atoms. The summed E-state index contributed by atoms with van der Waals surface area (Å²) in [6.07, 6.45) is 0. The molecule has 3 rings (SSSR count). The highest BCUT2D eigenvalue weighted by atomic mass is 35.5. The van der Waals surface area contributed by atoms with Crippen LogP contribution in [0.2, 0.25) is 5.02 Å². The molecule has 6 nitrogen and oxygen atoms in total. The second-order valence-corrected chi connectivity index (χ2v) is 6.92. The lowest BCUT2D eigenvalue weighted by atomic mass is 10.2. The van der Waals surface area contributed by atoms with Crippen molar-refractivity contribution in [3.63, 3.8) is 0 Å². The molecule has 0 saturated carbocycles. The smallest absolute Gasteiger partial charge is 0.257 e. The van der Waals surface area contributed by atoms with Crippen LogP contribution < -0.4 is 20.3 Å². The molecule has 8 heteroatoms. The van der Waals surface area contributed by atoms with E-state index >= 15 is 0 Å². The van der Waals surface area contributed by atoms with E-state index in [0.29, 0.717) is 36.2 Å². The highest BCUT2D eigenvalue weighted by molar-refractivity contribution is 7.80. The zero-order valence-corrected chi connectivity index (χ0v) is 17.1. The van der Waals surface area contributed by atoms with Crippen LogP contribution in [0.1, 0.15) is 17.3 Å². The van der Waals surface area contributed by atoms with E-state index in [1.807, 2.05) is 25.1 Å². The van der Waals surface area contributed by atoms with Gasteiger partial charge in [0, 0.05) is 18.7 Å². The summed E-state index contributed by atoms with van der Waals surface area (Å²) in [5, 5.41) is 6.61. The van der Waals surface area contributed by atoms with E-state index in [-0.39, 0.29) is 11.0 Å². The Balaban J connectivity index is 1.70. The van der Waals surface area contributed by atoms with E-state index in [4.69, 9.17) is 33.3 Å². The number of rotatable bonds is 5. The molecule has 1 fully saturated rings. The number of para-hydroxylation sites is 1. The number of morpholine rings is 1. The maximum atomic E-state index is 12.5. The lowest BCUT2D eigenvalue weighted by Crippen LogP contribution is -2.38. The topological polar surface area (TPSA) is 62.8 Å². The largest absolute Gasteiger partial charge is 0.494 e. The first kappa shape index (κ1) is 20.4. The fraction of sp³-hybridized carbons (Fsp3) is 0.300. The van der Waals surface area contributed by atoms with Crippen molar-refractivity contribution in [2.24, 2.45) is 0 Å². The van der Waals surface area contributed by atoms with Crippen LogP contribution in [-0.4, -0.2) is 43.9 Å². The normalized spacial score (nSPS) is 13.7. The lowest BCUT2D eigenvalue weighted by Gasteiger charge is -2.31. The van der Waals surface area contributed by atoms with E-state index in [1.165, 1.54) is 0 Å². The van der Waals surface area contributed by atoms with Gasteiger partial charge in [0.05, 0.1) is 36.2 Å². The van der Waals surface area contributed by atoms with E-state index in [2.05, 4.69) is 15.5 Å². The van der Waals surface area contributed by atoms with Crippen LogP contribution in [0.3, 0.4) is 0 Å². The van der Waals surface area contributed by atoms with Crippen LogP contribution in [0.25, 0.3) is 0 Å². The minimum Gasteiger partial charge on any atom is -0.494 e. The van der Waals surface area contributed by atoms with Gasteiger partial charge in [-0.05, 0) is 49.5 Å². The molecule has 2 N–H and O–H groups in total. The second kappa shape index (κ2) is 9.73. The van der Waals surface area contributed by atoms with Gasteiger partial charge in [-0.3, -0.25) is 10.1 Å². The number of carbonyl (C=O) groups excluding carboxylic acids is 1. The molecule has 1 aliphatic rings. The fourth-order valence-corrected chi connectivity index (χ4v) is 3.44. The van der Waals surface area contributed by atoms with Crippen LogP contribution in [0.5, 0.6) is 5.75 Å². The van der Waals surface area contributed by atoms with Crippen molar-refractivity contribution in [2.45, 2.75) is 6.92 Å². The molecule has 1 heterocycles. The number of ether oxygens (including phenoxy) is 2. The first-order valence-corrected chi connectivity index (χ1v) is 9.83. The van der Waals surface area contributed by atoms with Crippen LogP contribution in [-0.2, 0) is 4.74 Å². The van der Waals surface area contributed by atoms with E-state index < -0.39 is 0 Å². The van der Waals surface area contributed by atoms with E-state index in [1.54, 1.807) is 24.3 Å². The van der Waals surface area contributed by atoms with Gasteiger partial charge in [-0.2, -0.15) is 0 Å². The number of carbonyl (C=O) groups is 1. The number of thiocarbonyl (C=S) groups is 1. The van der Waals surface area contributed by atoms with Gasteiger partial charge >= 0.3 is 0 Å². The summed E-state index contributed by atoms with van der Waals surface area (Å²) < 4.78 is 10.8. The number of benzene rings is 2. The average molecular weight is 420 g/mol. The summed E-state index contributed by atoms with van der Waals surface area (Å²) in [7, 11) is 0. The number of hydrogen-bond acceptors (Lipinski definition) is 5. The molecule has 0 atom stereocenters. The summed E-state index contributed by atoms with van der Waals surface area (Å²) in [5.41, 5.74) is 2.06. The van der Waals surface area contributed by atoms with Gasteiger partial charge in [0.2, 0.25) is 0 Å². The highest BCUT2D eigenvalue weighted by Gasteiger charge is 2.19. The zero-order valence-electron chi connectivity index (χ0n) is 15.5. The molecule has 148 valence electrons. The van der Waals surface area contributed by atoms with Gasteiger partial charge in [-0.15, -0.1) is 0 Å². The molecule has 0 bridgehead atoms. The predicted octanol–water partition coefficient (Wildman–Crippen LogP) is 3.70. The molecular formula is C20H22ClN3O3S. The van der Waals surface area contributed by atoms with Crippen molar-refractivity contribution < 1.29 is 14.3 Å². The van der Waals surface area contributed by atoms with Gasteiger partial charge < -0.3 is 19.7 Å². The maximum Gasteiger partial charge on any atom is 0.257 e. The van der Waals surface area contributed by atoms with Gasteiger partial charge in [0.15, 0.2) is 5.11 Å². The number of hydrogen-bond donors (Lipinski definition) is 2. The molecule has 0 aliphatic carbocycles. The van der Waals surface area contributed by atoms with E-state index in [9.17, 15) is 4.79 Å². The molecule has 0 spiro atoms. The van der Waals surface area contributed by atoms with Crippen LogP contribution >= 0.6 is 23.8 Å². The number of amides is 1. The predicted molar refractivity (Wildman–Crippen MR) is 116 cm³/mol. The lowest BCUT2D eigenvalue weighted by molar-refractivity contribution is 0.0977. The Morgan fingerprint density at radius 2 is 2.00 bits per heavy atom. The maximum absolute atomic E-state index is 12.5. The molecule has 2 aromatic rings. The second-order valence-electron chi connectivity index (χ2n) is 6.10. The molecule has 0 unspecified atom stereocenters. The third kappa shape index (κ3) is 5.13. The van der Waals surface area contributed by atoms with Gasteiger partial charge in [-0.25, -0.2) is 0 Å². The van der Waals surface area contributed by atoms with Gasteiger partial charge in [0.25, 0.3) is 5.91 Å². The van der Waals surface area contributed by atoms with Gasteiger partial charge in [-0.1, -0.05) is 23.7 Å². The Bertz CT molecular complexity index is 856. The van der Waals surface area contributed by atoms with Crippen LogP contribution in [0.15, 0.2) is 42.5 Å². The molecule has 1 aliphatic heterocycles. The molecule has 1 saturated heterocycles. The minimum absolute atomic E-state index is 0.198. The summed E-state index contributed by atoms with van der Waals surface area (Å²) in [6.45, 7) is 5.18. The third-order valence-electron chi connectivity index (χ3n) is 4.20. The van der Waals surface area contributed by atoms with Crippen molar-refractivity contribution in [3.05, 3.63) is 53.1 Å². The Hall–Kier alpha value is -2.35. The summed E-state index contributed by atoms with van der Waals surface area (Å²) in [5.74, 6) is 0.326. The quantitative estimate of drug-likeness (QED) is 0.720.